The summed E-state index contributed by atoms with van der Waals surface area (Å²) in [4.78, 5) is 58.4. The van der Waals surface area contributed by atoms with Gasteiger partial charge in [0.1, 0.15) is 6.04 Å². The first-order chi connectivity index (χ1) is 11.7. The second kappa shape index (κ2) is 11.0. The fourth-order valence-electron chi connectivity index (χ4n) is 2.13. The van der Waals surface area contributed by atoms with E-state index in [4.69, 9.17) is 5.73 Å². The average molecular weight is 360 g/mol. The first-order valence-electron chi connectivity index (χ1n) is 7.59. The highest BCUT2D eigenvalue weighted by Gasteiger charge is 2.41. The molecule has 0 aliphatic rings. The summed E-state index contributed by atoms with van der Waals surface area (Å²) in [5.41, 5.74) is 5.26. The smallest absolute Gasteiger partial charge is 0.320 e. The Bertz CT molecular complexity index is 504. The number of methoxy groups -OCH3 is 2. The second-order valence-corrected chi connectivity index (χ2v) is 5.14. The summed E-state index contributed by atoms with van der Waals surface area (Å²) in [6.07, 6.45) is -0.423. The second-order valence-electron chi connectivity index (χ2n) is 5.14. The predicted molar refractivity (Wildman–Crippen MR) is 83.7 cm³/mol. The van der Waals surface area contributed by atoms with Gasteiger partial charge in [-0.05, 0) is 6.92 Å². The minimum Gasteiger partial charge on any atom is -0.468 e. The van der Waals surface area contributed by atoms with Crippen molar-refractivity contribution in [2.45, 2.75) is 32.7 Å². The molecule has 0 aromatic carbocycles. The summed E-state index contributed by atoms with van der Waals surface area (Å²) in [7, 11) is 2.14. The summed E-state index contributed by atoms with van der Waals surface area (Å²) in [5, 5.41) is 2.32. The van der Waals surface area contributed by atoms with Gasteiger partial charge in [0.2, 0.25) is 11.8 Å². The molecule has 0 heterocycles. The van der Waals surface area contributed by atoms with E-state index in [1.807, 2.05) is 0 Å². The Balaban J connectivity index is 5.09. The van der Waals surface area contributed by atoms with Gasteiger partial charge in [0.15, 0.2) is 5.92 Å². The Hall–Kier alpha value is -2.65. The van der Waals surface area contributed by atoms with Crippen LogP contribution in [0.2, 0.25) is 0 Å². The Morgan fingerprint density at radius 3 is 1.92 bits per heavy atom. The number of carbonyl (C=O) groups excluding carboxylic acids is 5. The molecule has 0 aliphatic heterocycles. The Morgan fingerprint density at radius 1 is 1.00 bits per heavy atom. The number of nitrogens with one attached hydrogen (secondary N) is 1. The Kier molecular flexibility index (Phi) is 9.83. The highest BCUT2D eigenvalue weighted by atomic mass is 16.5. The molecule has 0 aromatic heterocycles. The molecule has 25 heavy (non-hydrogen) atoms. The standard InChI is InChI=1S/C15H24N2O8/c1-5-25-10(19)7-6-9(18)17-12(13(16)20)8(2)11(14(21)23-3)15(22)24-4/h8,11-12H,5-7H2,1-4H3,(H2,16,20)(H,17,18)/t8-,12+/m1/s1. The highest BCUT2D eigenvalue weighted by Crippen LogP contribution is 2.19. The summed E-state index contributed by atoms with van der Waals surface area (Å²) in [6, 6.07) is -1.34. The minimum atomic E-state index is -1.45. The largest absolute Gasteiger partial charge is 0.468 e. The van der Waals surface area contributed by atoms with E-state index in [9.17, 15) is 24.0 Å². The molecule has 0 unspecified atom stereocenters. The lowest BCUT2D eigenvalue weighted by molar-refractivity contribution is -0.162. The van der Waals surface area contributed by atoms with Gasteiger partial charge in [-0.3, -0.25) is 24.0 Å². The van der Waals surface area contributed by atoms with Crippen molar-refractivity contribution in [2.24, 2.45) is 17.6 Å². The van der Waals surface area contributed by atoms with E-state index < -0.39 is 47.6 Å². The number of amides is 2. The topological polar surface area (TPSA) is 151 Å². The van der Waals surface area contributed by atoms with Crippen molar-refractivity contribution in [3.63, 3.8) is 0 Å². The average Bonchev–Trinajstić information content (AvgIpc) is 2.57. The number of ether oxygens (including phenoxy) is 3. The first kappa shape index (κ1) is 22.4. The van der Waals surface area contributed by atoms with Crippen LogP contribution >= 0.6 is 0 Å². The molecule has 10 heteroatoms. The summed E-state index contributed by atoms with van der Waals surface area (Å²) in [5.74, 6) is -6.49. The summed E-state index contributed by atoms with van der Waals surface area (Å²) in [6.45, 7) is 3.18. The maximum atomic E-state index is 11.9. The number of nitrogens with two attached hydrogens (primary N) is 1. The van der Waals surface area contributed by atoms with Gasteiger partial charge in [0, 0.05) is 12.3 Å². The number of carbonyl (C=O) groups is 5. The lowest BCUT2D eigenvalue weighted by Crippen LogP contribution is -2.52. The van der Waals surface area contributed by atoms with Crippen LogP contribution in [0, 0.1) is 11.8 Å². The molecule has 0 saturated carbocycles. The maximum Gasteiger partial charge on any atom is 0.320 e. The lowest BCUT2D eigenvalue weighted by atomic mass is 9.86. The van der Waals surface area contributed by atoms with Crippen molar-refractivity contribution in [3.8, 4) is 0 Å². The third-order valence-corrected chi connectivity index (χ3v) is 3.45. The van der Waals surface area contributed by atoms with E-state index in [-0.39, 0.29) is 19.4 Å². The van der Waals surface area contributed by atoms with E-state index in [0.29, 0.717) is 0 Å². The minimum absolute atomic E-state index is 0.182. The van der Waals surface area contributed by atoms with Gasteiger partial charge in [0.05, 0.1) is 27.2 Å². The fraction of sp³-hybridized carbons (Fsp3) is 0.667. The lowest BCUT2D eigenvalue weighted by Gasteiger charge is -2.26. The molecule has 10 nitrogen and oxygen atoms in total. The molecule has 2 amide bonds. The van der Waals surface area contributed by atoms with E-state index in [1.165, 1.54) is 6.92 Å². The van der Waals surface area contributed by atoms with Crippen LogP contribution in [0.25, 0.3) is 0 Å². The molecular weight excluding hydrogens is 336 g/mol. The van der Waals surface area contributed by atoms with Crippen LogP contribution in [-0.2, 0) is 38.2 Å². The predicted octanol–water partition coefficient (Wildman–Crippen LogP) is -1.10. The number of hydrogen-bond donors (Lipinski definition) is 2. The highest BCUT2D eigenvalue weighted by molar-refractivity contribution is 5.97. The third kappa shape index (κ3) is 7.19. The number of primary amides is 1. The van der Waals surface area contributed by atoms with Gasteiger partial charge in [-0.25, -0.2) is 0 Å². The molecule has 0 fully saturated rings. The number of hydrogen-bond acceptors (Lipinski definition) is 8. The van der Waals surface area contributed by atoms with E-state index in [1.54, 1.807) is 6.92 Å². The van der Waals surface area contributed by atoms with Crippen LogP contribution in [0.4, 0.5) is 0 Å². The molecule has 0 spiro atoms. The van der Waals surface area contributed by atoms with Crippen molar-refractivity contribution in [1.29, 1.82) is 0 Å². The maximum absolute atomic E-state index is 11.9. The van der Waals surface area contributed by atoms with Crippen molar-refractivity contribution < 1.29 is 38.2 Å². The third-order valence-electron chi connectivity index (χ3n) is 3.45. The summed E-state index contributed by atoms with van der Waals surface area (Å²) >= 11 is 0. The molecule has 0 aliphatic carbocycles. The van der Waals surface area contributed by atoms with Crippen molar-refractivity contribution in [3.05, 3.63) is 0 Å². The van der Waals surface area contributed by atoms with Gasteiger partial charge in [0.25, 0.3) is 0 Å². The SMILES string of the molecule is CCOC(=O)CCC(=O)N[C@H](C(N)=O)[C@H](C)C(C(=O)OC)C(=O)OC. The van der Waals surface area contributed by atoms with Crippen LogP contribution in [0.3, 0.4) is 0 Å². The zero-order chi connectivity index (χ0) is 19.6. The van der Waals surface area contributed by atoms with E-state index in [2.05, 4.69) is 19.5 Å². The van der Waals surface area contributed by atoms with Gasteiger partial charge >= 0.3 is 17.9 Å². The molecule has 3 N–H and O–H groups in total. The quantitative estimate of drug-likeness (QED) is 0.283. The Morgan fingerprint density at radius 2 is 1.52 bits per heavy atom. The molecule has 0 rings (SSSR count). The first-order valence-corrected chi connectivity index (χ1v) is 7.59. The molecule has 142 valence electrons. The molecule has 2 atom stereocenters. The van der Waals surface area contributed by atoms with Crippen LogP contribution < -0.4 is 11.1 Å². The van der Waals surface area contributed by atoms with Crippen LogP contribution in [0.5, 0.6) is 0 Å². The summed E-state index contributed by atoms with van der Waals surface area (Å²) < 4.78 is 13.8. The fourth-order valence-corrected chi connectivity index (χ4v) is 2.13. The van der Waals surface area contributed by atoms with Crippen molar-refractivity contribution in [1.82, 2.24) is 5.32 Å². The monoisotopic (exact) mass is 360 g/mol. The molecule has 0 radical (unpaired) electrons. The van der Waals surface area contributed by atoms with E-state index in [0.717, 1.165) is 14.2 Å². The molecule has 0 aromatic rings. The number of rotatable bonds is 10. The molecule has 0 saturated heterocycles. The zero-order valence-corrected chi connectivity index (χ0v) is 14.7. The Labute approximate surface area is 145 Å². The van der Waals surface area contributed by atoms with Gasteiger partial charge in [-0.15, -0.1) is 0 Å². The van der Waals surface area contributed by atoms with Crippen molar-refractivity contribution in [2.75, 3.05) is 20.8 Å². The van der Waals surface area contributed by atoms with Gasteiger partial charge < -0.3 is 25.3 Å². The zero-order valence-electron chi connectivity index (χ0n) is 14.7. The normalized spacial score (nSPS) is 12.7. The van der Waals surface area contributed by atoms with E-state index >= 15 is 0 Å². The van der Waals surface area contributed by atoms with Crippen LogP contribution in [-0.4, -0.2) is 56.6 Å². The number of esters is 3. The van der Waals surface area contributed by atoms with Crippen LogP contribution in [0.1, 0.15) is 26.7 Å². The van der Waals surface area contributed by atoms with Gasteiger partial charge in [-0.2, -0.15) is 0 Å². The molecule has 0 bridgehead atoms. The molecular formula is C15H24N2O8. The van der Waals surface area contributed by atoms with Crippen molar-refractivity contribution >= 4 is 29.7 Å². The van der Waals surface area contributed by atoms with Gasteiger partial charge in [-0.1, -0.05) is 6.92 Å². The van der Waals surface area contributed by atoms with Crippen LogP contribution in [0.15, 0.2) is 0 Å².